The first-order valence-electron chi connectivity index (χ1n) is 8.86. The third-order valence-electron chi connectivity index (χ3n) is 5.19. The number of nitrogens with one attached hydrogen (secondary N) is 2. The zero-order chi connectivity index (χ0) is 17.1. The number of nitrogens with zero attached hydrogens (tertiary/aromatic N) is 2. The molecule has 0 spiro atoms. The number of rotatable bonds is 2. The summed E-state index contributed by atoms with van der Waals surface area (Å²) in [5.74, 6) is 0.148. The molecule has 3 rings (SSSR count). The van der Waals surface area contributed by atoms with Crippen molar-refractivity contribution in [3.05, 3.63) is 35.4 Å². The van der Waals surface area contributed by atoms with Crippen molar-refractivity contribution in [1.82, 2.24) is 9.80 Å². The van der Waals surface area contributed by atoms with Gasteiger partial charge in [0.25, 0.3) is 11.8 Å². The lowest BCUT2D eigenvalue weighted by Gasteiger charge is -2.30. The van der Waals surface area contributed by atoms with Crippen LogP contribution in [0.1, 0.15) is 20.7 Å². The highest BCUT2D eigenvalue weighted by molar-refractivity contribution is 5.97. The van der Waals surface area contributed by atoms with Gasteiger partial charge in [0.05, 0.1) is 66.5 Å². The Balaban J connectivity index is 1.62. The standard InChI is InChI=1S/C18H26N4O2/c1-19-7-11-21(12-8-19)17(23)15-3-5-16(6-4-15)18(24)22-13-9-20(2)10-14-22/h3-6H,7-14H2,1-2H3/p+2. The fraction of sp³-hybridized carbons (Fsp3) is 0.556. The van der Waals surface area contributed by atoms with Gasteiger partial charge in [-0.3, -0.25) is 9.59 Å². The van der Waals surface area contributed by atoms with Crippen molar-refractivity contribution in [3.63, 3.8) is 0 Å². The third kappa shape index (κ3) is 3.76. The minimum absolute atomic E-state index is 0.0738. The van der Waals surface area contributed by atoms with Gasteiger partial charge >= 0.3 is 0 Å². The highest BCUT2D eigenvalue weighted by Crippen LogP contribution is 2.10. The molecule has 0 bridgehead atoms. The van der Waals surface area contributed by atoms with Gasteiger partial charge in [0.15, 0.2) is 0 Å². The van der Waals surface area contributed by atoms with Crippen LogP contribution in [0.5, 0.6) is 0 Å². The minimum Gasteiger partial charge on any atom is -0.334 e. The van der Waals surface area contributed by atoms with Gasteiger partial charge in [0, 0.05) is 11.1 Å². The van der Waals surface area contributed by atoms with Crippen molar-refractivity contribution in [2.24, 2.45) is 0 Å². The summed E-state index contributed by atoms with van der Waals surface area (Å²) in [5, 5.41) is 0. The van der Waals surface area contributed by atoms with Crippen LogP contribution in [0.15, 0.2) is 24.3 Å². The summed E-state index contributed by atoms with van der Waals surface area (Å²) >= 11 is 0. The van der Waals surface area contributed by atoms with Gasteiger partial charge in [-0.25, -0.2) is 0 Å². The fourth-order valence-corrected chi connectivity index (χ4v) is 3.30. The molecule has 24 heavy (non-hydrogen) atoms. The van der Waals surface area contributed by atoms with E-state index in [9.17, 15) is 9.59 Å². The summed E-state index contributed by atoms with van der Waals surface area (Å²) in [6.45, 7) is 7.18. The van der Waals surface area contributed by atoms with Gasteiger partial charge in [0.2, 0.25) is 0 Å². The zero-order valence-electron chi connectivity index (χ0n) is 14.7. The number of carbonyl (C=O) groups is 2. The predicted octanol–water partition coefficient (Wildman–Crippen LogP) is -2.37. The molecule has 1 aromatic rings. The molecule has 0 aromatic heterocycles. The normalized spacial score (nSPS) is 20.2. The minimum atomic E-state index is 0.0738. The van der Waals surface area contributed by atoms with E-state index in [1.165, 1.54) is 9.80 Å². The summed E-state index contributed by atoms with van der Waals surface area (Å²) in [6, 6.07) is 7.17. The van der Waals surface area contributed by atoms with Crippen LogP contribution in [0.25, 0.3) is 0 Å². The number of hydrogen-bond acceptors (Lipinski definition) is 2. The van der Waals surface area contributed by atoms with Crippen molar-refractivity contribution in [3.8, 4) is 0 Å². The van der Waals surface area contributed by atoms with E-state index < -0.39 is 0 Å². The molecule has 2 fully saturated rings. The van der Waals surface area contributed by atoms with Crippen molar-refractivity contribution in [1.29, 1.82) is 0 Å². The van der Waals surface area contributed by atoms with Gasteiger partial charge < -0.3 is 19.6 Å². The lowest BCUT2D eigenvalue weighted by atomic mass is 10.1. The Morgan fingerprint density at radius 3 is 1.29 bits per heavy atom. The molecule has 0 radical (unpaired) electrons. The lowest BCUT2D eigenvalue weighted by Crippen LogP contribution is -3.12. The molecular formula is C18H28N4O2+2. The molecule has 6 heteroatoms. The Kier molecular flexibility index (Phi) is 5.16. The second-order valence-electron chi connectivity index (χ2n) is 7.08. The maximum absolute atomic E-state index is 12.5. The Morgan fingerprint density at radius 2 is 1.00 bits per heavy atom. The van der Waals surface area contributed by atoms with Crippen LogP contribution in [0, 0.1) is 0 Å². The molecule has 2 aliphatic rings. The predicted molar refractivity (Wildman–Crippen MR) is 91.5 cm³/mol. The average molecular weight is 332 g/mol. The zero-order valence-corrected chi connectivity index (χ0v) is 14.7. The lowest BCUT2D eigenvalue weighted by molar-refractivity contribution is -0.883. The van der Waals surface area contributed by atoms with E-state index in [1.54, 1.807) is 24.3 Å². The molecule has 0 atom stereocenters. The first-order chi connectivity index (χ1) is 11.5. The fourth-order valence-electron chi connectivity index (χ4n) is 3.30. The van der Waals surface area contributed by atoms with E-state index in [1.807, 2.05) is 9.80 Å². The van der Waals surface area contributed by atoms with Crippen LogP contribution in [0.2, 0.25) is 0 Å². The average Bonchev–Trinajstić information content (AvgIpc) is 2.62. The Bertz CT molecular complexity index is 533. The van der Waals surface area contributed by atoms with Crippen molar-refractivity contribution in [2.75, 3.05) is 66.5 Å². The molecular weight excluding hydrogens is 304 g/mol. The van der Waals surface area contributed by atoms with Crippen molar-refractivity contribution in [2.45, 2.75) is 0 Å². The largest absolute Gasteiger partial charge is 0.334 e. The number of piperazine rings is 2. The highest BCUT2D eigenvalue weighted by atomic mass is 16.2. The van der Waals surface area contributed by atoms with E-state index >= 15 is 0 Å². The van der Waals surface area contributed by atoms with Crippen LogP contribution in [0.3, 0.4) is 0 Å². The maximum atomic E-state index is 12.5. The van der Waals surface area contributed by atoms with Crippen LogP contribution in [0.4, 0.5) is 0 Å². The molecule has 2 amide bonds. The SMILES string of the molecule is C[NH+]1CCN(C(=O)c2ccc(C(=O)N3CC[NH+](C)CC3)cc2)CC1. The first-order valence-corrected chi connectivity index (χ1v) is 8.86. The van der Waals surface area contributed by atoms with E-state index in [0.717, 1.165) is 52.4 Å². The highest BCUT2D eigenvalue weighted by Gasteiger charge is 2.24. The Morgan fingerprint density at radius 1 is 0.708 bits per heavy atom. The Labute approximate surface area is 143 Å². The molecule has 0 unspecified atom stereocenters. The number of likely N-dealkylation sites (N-methyl/N-ethyl adjacent to an activating group) is 2. The molecule has 2 aliphatic heterocycles. The number of amides is 2. The van der Waals surface area contributed by atoms with Gasteiger partial charge in [0.1, 0.15) is 0 Å². The summed E-state index contributed by atoms with van der Waals surface area (Å²) < 4.78 is 0. The molecule has 130 valence electrons. The smallest absolute Gasteiger partial charge is 0.254 e. The molecule has 0 aliphatic carbocycles. The van der Waals surface area contributed by atoms with Crippen LogP contribution < -0.4 is 9.80 Å². The number of benzene rings is 1. The van der Waals surface area contributed by atoms with Gasteiger partial charge in [-0.05, 0) is 24.3 Å². The summed E-state index contributed by atoms with van der Waals surface area (Å²) in [6.07, 6.45) is 0. The molecule has 2 heterocycles. The number of carbonyl (C=O) groups excluding carboxylic acids is 2. The topological polar surface area (TPSA) is 49.5 Å². The molecule has 1 aromatic carbocycles. The first kappa shape index (κ1) is 16.9. The second kappa shape index (κ2) is 7.32. The molecule has 2 N–H and O–H groups in total. The molecule has 0 saturated carbocycles. The summed E-state index contributed by atoms with van der Waals surface area (Å²) in [7, 11) is 4.31. The van der Waals surface area contributed by atoms with Gasteiger partial charge in [-0.1, -0.05) is 0 Å². The van der Waals surface area contributed by atoms with Gasteiger partial charge in [-0.15, -0.1) is 0 Å². The quantitative estimate of drug-likeness (QED) is 0.636. The second-order valence-corrected chi connectivity index (χ2v) is 7.08. The molecule has 2 saturated heterocycles. The number of quaternary nitrogens is 2. The molecule has 6 nitrogen and oxygen atoms in total. The van der Waals surface area contributed by atoms with Crippen LogP contribution in [-0.2, 0) is 0 Å². The van der Waals surface area contributed by atoms with Crippen LogP contribution in [-0.4, -0.2) is 88.1 Å². The van der Waals surface area contributed by atoms with E-state index in [4.69, 9.17) is 0 Å². The van der Waals surface area contributed by atoms with E-state index in [2.05, 4.69) is 14.1 Å². The number of hydrogen-bond donors (Lipinski definition) is 2. The van der Waals surface area contributed by atoms with E-state index in [0.29, 0.717) is 11.1 Å². The van der Waals surface area contributed by atoms with Crippen molar-refractivity contribution < 1.29 is 19.4 Å². The maximum Gasteiger partial charge on any atom is 0.254 e. The van der Waals surface area contributed by atoms with Gasteiger partial charge in [-0.2, -0.15) is 0 Å². The Hall–Kier alpha value is -1.92. The third-order valence-corrected chi connectivity index (χ3v) is 5.19. The monoisotopic (exact) mass is 332 g/mol. The van der Waals surface area contributed by atoms with Crippen molar-refractivity contribution >= 4 is 11.8 Å². The summed E-state index contributed by atoms with van der Waals surface area (Å²) in [4.78, 5) is 31.8. The summed E-state index contributed by atoms with van der Waals surface area (Å²) in [5.41, 5.74) is 1.35. The van der Waals surface area contributed by atoms with Crippen LogP contribution >= 0.6 is 0 Å². The van der Waals surface area contributed by atoms with E-state index in [-0.39, 0.29) is 11.8 Å².